The molecule has 0 aliphatic carbocycles. The summed E-state index contributed by atoms with van der Waals surface area (Å²) in [4.78, 5) is 3.30. The molecule has 0 atom stereocenters. The van der Waals surface area contributed by atoms with E-state index in [4.69, 9.17) is 5.11 Å². The molecule has 2 N–H and O–H groups in total. The van der Waals surface area contributed by atoms with Crippen LogP contribution in [0.15, 0.2) is 47.6 Å². The van der Waals surface area contributed by atoms with Crippen LogP contribution in [0.1, 0.15) is 12.0 Å². The molecular formula is C14H15FN2O3S. The van der Waals surface area contributed by atoms with Gasteiger partial charge in [-0.05, 0) is 36.6 Å². The number of pyridine rings is 1. The number of nitrogens with one attached hydrogen (secondary N) is 1. The SMILES string of the molecule is O=S(=O)(Nc1cccc(CCCO)c1)c1cncc(F)c1. The minimum atomic E-state index is -3.87. The van der Waals surface area contributed by atoms with Crippen LogP contribution in [-0.4, -0.2) is 25.1 Å². The summed E-state index contributed by atoms with van der Waals surface area (Å²) in [6.07, 6.45) is 3.27. The van der Waals surface area contributed by atoms with Crippen LogP contribution in [-0.2, 0) is 16.4 Å². The van der Waals surface area contributed by atoms with Crippen LogP contribution in [0.4, 0.5) is 10.1 Å². The molecule has 112 valence electrons. The van der Waals surface area contributed by atoms with Gasteiger partial charge < -0.3 is 5.11 Å². The quantitative estimate of drug-likeness (QED) is 0.854. The zero-order chi connectivity index (χ0) is 15.3. The number of hydrogen-bond acceptors (Lipinski definition) is 4. The highest BCUT2D eigenvalue weighted by Crippen LogP contribution is 2.17. The fourth-order valence-electron chi connectivity index (χ4n) is 1.83. The molecule has 0 aliphatic heterocycles. The second-order valence-electron chi connectivity index (χ2n) is 4.47. The summed E-state index contributed by atoms with van der Waals surface area (Å²) in [5.41, 5.74) is 1.29. The number of benzene rings is 1. The third-order valence-corrected chi connectivity index (χ3v) is 4.14. The summed E-state index contributed by atoms with van der Waals surface area (Å²) in [6.45, 7) is 0.0743. The molecule has 0 bridgehead atoms. The first-order chi connectivity index (χ1) is 10.0. The summed E-state index contributed by atoms with van der Waals surface area (Å²) in [6, 6.07) is 7.75. The lowest BCUT2D eigenvalue weighted by atomic mass is 10.1. The van der Waals surface area contributed by atoms with E-state index in [0.29, 0.717) is 18.5 Å². The van der Waals surface area contributed by atoms with Crippen molar-refractivity contribution in [3.63, 3.8) is 0 Å². The number of aliphatic hydroxyl groups is 1. The number of aryl methyl sites for hydroxylation is 1. The maximum atomic E-state index is 13.1. The highest BCUT2D eigenvalue weighted by Gasteiger charge is 2.15. The Labute approximate surface area is 122 Å². The average Bonchev–Trinajstić information content (AvgIpc) is 2.45. The van der Waals surface area contributed by atoms with E-state index < -0.39 is 15.8 Å². The maximum Gasteiger partial charge on any atom is 0.263 e. The summed E-state index contributed by atoms with van der Waals surface area (Å²) in [5.74, 6) is -0.713. The molecule has 0 radical (unpaired) electrons. The van der Waals surface area contributed by atoms with E-state index >= 15 is 0 Å². The summed E-state index contributed by atoms with van der Waals surface area (Å²) < 4.78 is 39.7. The van der Waals surface area contributed by atoms with Gasteiger partial charge in [-0.1, -0.05) is 12.1 Å². The Morgan fingerprint density at radius 2 is 2.05 bits per heavy atom. The van der Waals surface area contributed by atoms with Crippen molar-refractivity contribution < 1.29 is 17.9 Å². The molecule has 1 heterocycles. The minimum absolute atomic E-state index is 0.0743. The third kappa shape index (κ3) is 4.24. The Kier molecular flexibility index (Phi) is 4.87. The molecule has 0 spiro atoms. The predicted molar refractivity (Wildman–Crippen MR) is 76.9 cm³/mol. The van der Waals surface area contributed by atoms with Crippen LogP contribution < -0.4 is 4.72 Å². The third-order valence-electron chi connectivity index (χ3n) is 2.79. The molecule has 0 amide bonds. The number of halogens is 1. The largest absolute Gasteiger partial charge is 0.396 e. The van der Waals surface area contributed by atoms with Crippen molar-refractivity contribution >= 4 is 15.7 Å². The van der Waals surface area contributed by atoms with E-state index in [1.807, 2.05) is 6.07 Å². The Hall–Kier alpha value is -1.99. The molecule has 0 fully saturated rings. The predicted octanol–water partition coefficient (Wildman–Crippen LogP) is 1.95. The first kappa shape index (κ1) is 15.4. The Morgan fingerprint density at radius 3 is 2.76 bits per heavy atom. The molecule has 0 saturated carbocycles. The van der Waals surface area contributed by atoms with Gasteiger partial charge in [0.25, 0.3) is 10.0 Å². The molecule has 1 aromatic carbocycles. The molecule has 2 aromatic rings. The van der Waals surface area contributed by atoms with Crippen molar-refractivity contribution in [2.24, 2.45) is 0 Å². The maximum absolute atomic E-state index is 13.1. The zero-order valence-corrected chi connectivity index (χ0v) is 12.0. The van der Waals surface area contributed by atoms with E-state index in [1.165, 1.54) is 0 Å². The first-order valence-corrected chi connectivity index (χ1v) is 7.83. The molecule has 5 nitrogen and oxygen atoms in total. The van der Waals surface area contributed by atoms with Crippen molar-refractivity contribution in [1.82, 2.24) is 4.98 Å². The minimum Gasteiger partial charge on any atom is -0.396 e. The Bertz CT molecular complexity index is 720. The van der Waals surface area contributed by atoms with Gasteiger partial charge in [-0.2, -0.15) is 0 Å². The number of aromatic nitrogens is 1. The van der Waals surface area contributed by atoms with Crippen molar-refractivity contribution in [3.8, 4) is 0 Å². The summed E-state index contributed by atoms with van der Waals surface area (Å²) in [7, 11) is -3.87. The van der Waals surface area contributed by atoms with Gasteiger partial charge in [0.05, 0.1) is 6.20 Å². The number of rotatable bonds is 6. The van der Waals surface area contributed by atoms with Crippen LogP contribution in [0.2, 0.25) is 0 Å². The standard InChI is InChI=1S/C14H15FN2O3S/c15-12-8-14(10-16-9-12)21(19,20)17-13-5-1-3-11(7-13)4-2-6-18/h1,3,5,7-10,17-18H,2,4,6H2. The fourth-order valence-corrected chi connectivity index (χ4v) is 2.85. The molecule has 0 aliphatic rings. The second-order valence-corrected chi connectivity index (χ2v) is 6.15. The summed E-state index contributed by atoms with van der Waals surface area (Å²) >= 11 is 0. The number of nitrogens with zero attached hydrogens (tertiary/aromatic N) is 1. The smallest absolute Gasteiger partial charge is 0.263 e. The molecule has 0 saturated heterocycles. The lowest BCUT2D eigenvalue weighted by molar-refractivity contribution is 0.288. The van der Waals surface area contributed by atoms with E-state index in [9.17, 15) is 12.8 Å². The lowest BCUT2D eigenvalue weighted by Gasteiger charge is -2.09. The van der Waals surface area contributed by atoms with Gasteiger partial charge in [0.1, 0.15) is 10.7 Å². The van der Waals surface area contributed by atoms with Gasteiger partial charge in [-0.25, -0.2) is 12.8 Å². The monoisotopic (exact) mass is 310 g/mol. The van der Waals surface area contributed by atoms with E-state index in [-0.39, 0.29) is 11.5 Å². The van der Waals surface area contributed by atoms with Crippen LogP contribution in [0, 0.1) is 5.82 Å². The van der Waals surface area contributed by atoms with Crippen LogP contribution >= 0.6 is 0 Å². The molecule has 0 unspecified atom stereocenters. The van der Waals surface area contributed by atoms with Crippen molar-refractivity contribution in [3.05, 3.63) is 54.1 Å². The van der Waals surface area contributed by atoms with E-state index in [1.54, 1.807) is 18.2 Å². The zero-order valence-electron chi connectivity index (χ0n) is 11.2. The fraction of sp³-hybridized carbons (Fsp3) is 0.214. The molecule has 1 aromatic heterocycles. The van der Waals surface area contributed by atoms with Gasteiger partial charge in [-0.15, -0.1) is 0 Å². The second kappa shape index (κ2) is 6.64. The number of aliphatic hydroxyl groups excluding tert-OH is 1. The first-order valence-electron chi connectivity index (χ1n) is 6.34. The van der Waals surface area contributed by atoms with Gasteiger partial charge in [0.2, 0.25) is 0 Å². The van der Waals surface area contributed by atoms with Crippen molar-refractivity contribution in [1.29, 1.82) is 0 Å². The van der Waals surface area contributed by atoms with Crippen LogP contribution in [0.5, 0.6) is 0 Å². The summed E-state index contributed by atoms with van der Waals surface area (Å²) in [5, 5.41) is 8.80. The molecule has 2 rings (SSSR count). The highest BCUT2D eigenvalue weighted by atomic mass is 32.2. The van der Waals surface area contributed by atoms with Gasteiger partial charge >= 0.3 is 0 Å². The van der Waals surface area contributed by atoms with Gasteiger partial charge in [0, 0.05) is 18.5 Å². The van der Waals surface area contributed by atoms with E-state index in [2.05, 4.69) is 9.71 Å². The number of sulfonamides is 1. The van der Waals surface area contributed by atoms with Crippen LogP contribution in [0.25, 0.3) is 0 Å². The van der Waals surface area contributed by atoms with Gasteiger partial charge in [-0.3, -0.25) is 9.71 Å². The lowest BCUT2D eigenvalue weighted by Crippen LogP contribution is -2.13. The van der Waals surface area contributed by atoms with Crippen molar-refractivity contribution in [2.45, 2.75) is 17.7 Å². The number of anilines is 1. The number of hydrogen-bond donors (Lipinski definition) is 2. The van der Waals surface area contributed by atoms with Crippen molar-refractivity contribution in [2.75, 3.05) is 11.3 Å². The average molecular weight is 310 g/mol. The van der Waals surface area contributed by atoms with E-state index in [0.717, 1.165) is 24.0 Å². The van der Waals surface area contributed by atoms with Gasteiger partial charge in [0.15, 0.2) is 0 Å². The molecule has 7 heteroatoms. The Balaban J connectivity index is 2.20. The Morgan fingerprint density at radius 1 is 1.24 bits per heavy atom. The normalized spacial score (nSPS) is 11.3. The van der Waals surface area contributed by atoms with Crippen LogP contribution in [0.3, 0.4) is 0 Å². The molecular weight excluding hydrogens is 295 g/mol. The highest BCUT2D eigenvalue weighted by molar-refractivity contribution is 7.92. The molecule has 21 heavy (non-hydrogen) atoms. The topological polar surface area (TPSA) is 79.3 Å².